The molecule has 1 aliphatic rings. The Hall–Kier alpha value is -1.62. The molecule has 116 valence electrons. The van der Waals surface area contributed by atoms with Crippen LogP contribution in [-0.2, 0) is 4.74 Å². The first-order valence-corrected chi connectivity index (χ1v) is 7.42. The van der Waals surface area contributed by atoms with Crippen LogP contribution in [0.25, 0.3) is 0 Å². The number of ether oxygens (including phenoxy) is 2. The zero-order valence-electron chi connectivity index (χ0n) is 13.3. The number of amides is 1. The Kier molecular flexibility index (Phi) is 5.17. The van der Waals surface area contributed by atoms with Crippen molar-refractivity contribution in [3.63, 3.8) is 0 Å². The van der Waals surface area contributed by atoms with Gasteiger partial charge in [-0.1, -0.05) is 13.8 Å². The summed E-state index contributed by atoms with van der Waals surface area (Å²) in [7, 11) is 3.28. The highest BCUT2D eigenvalue weighted by Crippen LogP contribution is 2.24. The minimum absolute atomic E-state index is 0.0321. The lowest BCUT2D eigenvalue weighted by atomic mass is 10.1. The summed E-state index contributed by atoms with van der Waals surface area (Å²) in [6, 6.07) is 3.76. The van der Waals surface area contributed by atoms with Crippen LogP contribution < -0.4 is 4.74 Å². The summed E-state index contributed by atoms with van der Waals surface area (Å²) >= 11 is 0. The molecule has 1 saturated heterocycles. The Morgan fingerprint density at radius 2 is 2.19 bits per heavy atom. The van der Waals surface area contributed by atoms with Crippen LogP contribution in [0, 0.1) is 0 Å². The Morgan fingerprint density at radius 3 is 2.81 bits per heavy atom. The van der Waals surface area contributed by atoms with Gasteiger partial charge in [-0.15, -0.1) is 0 Å². The van der Waals surface area contributed by atoms with Gasteiger partial charge >= 0.3 is 0 Å². The monoisotopic (exact) mass is 292 g/mol. The maximum absolute atomic E-state index is 12.7. The predicted molar refractivity (Wildman–Crippen MR) is 80.8 cm³/mol. The lowest BCUT2D eigenvalue weighted by Gasteiger charge is -2.24. The quantitative estimate of drug-likeness (QED) is 0.836. The molecule has 0 saturated carbocycles. The van der Waals surface area contributed by atoms with Crippen molar-refractivity contribution >= 4 is 5.91 Å². The van der Waals surface area contributed by atoms with Gasteiger partial charge in [0.05, 0.1) is 19.8 Å². The summed E-state index contributed by atoms with van der Waals surface area (Å²) in [6.07, 6.45) is 2.00. The van der Waals surface area contributed by atoms with Crippen molar-refractivity contribution in [3.8, 4) is 5.75 Å². The van der Waals surface area contributed by atoms with E-state index < -0.39 is 0 Å². The van der Waals surface area contributed by atoms with E-state index in [9.17, 15) is 4.79 Å². The Morgan fingerprint density at radius 1 is 1.43 bits per heavy atom. The van der Waals surface area contributed by atoms with E-state index in [4.69, 9.17) is 9.47 Å². The number of hydrogen-bond donors (Lipinski definition) is 0. The molecule has 0 spiro atoms. The third-order valence-electron chi connectivity index (χ3n) is 3.86. The number of hydrogen-bond acceptors (Lipinski definition) is 4. The molecule has 1 aromatic heterocycles. The lowest BCUT2D eigenvalue weighted by molar-refractivity contribution is 0.0624. The zero-order chi connectivity index (χ0) is 15.4. The van der Waals surface area contributed by atoms with E-state index in [-0.39, 0.29) is 17.9 Å². The molecule has 0 bridgehead atoms. The first-order chi connectivity index (χ1) is 10.1. The molecule has 0 aromatic carbocycles. The van der Waals surface area contributed by atoms with E-state index in [1.165, 1.54) is 0 Å². The first-order valence-electron chi connectivity index (χ1n) is 7.42. The standard InChI is InChI=1S/C16H24N2O3/c1-11(2)14-8-13(21-4)9-15(17-14)16(19)18-7-5-6-12(18)10-20-3/h8-9,11-12H,5-7,10H2,1-4H3. The van der Waals surface area contributed by atoms with E-state index in [1.807, 2.05) is 11.0 Å². The number of aromatic nitrogens is 1. The van der Waals surface area contributed by atoms with Gasteiger partial charge < -0.3 is 14.4 Å². The van der Waals surface area contributed by atoms with Crippen LogP contribution >= 0.6 is 0 Å². The number of rotatable bonds is 5. The van der Waals surface area contributed by atoms with Crippen molar-refractivity contribution < 1.29 is 14.3 Å². The average molecular weight is 292 g/mol. The number of nitrogens with zero attached hydrogens (tertiary/aromatic N) is 2. The Labute approximate surface area is 126 Å². The Balaban J connectivity index is 2.27. The fourth-order valence-electron chi connectivity index (χ4n) is 2.66. The minimum Gasteiger partial charge on any atom is -0.497 e. The van der Waals surface area contributed by atoms with Crippen molar-refractivity contribution in [3.05, 3.63) is 23.5 Å². The second kappa shape index (κ2) is 6.89. The van der Waals surface area contributed by atoms with Gasteiger partial charge in [0.25, 0.3) is 5.91 Å². The van der Waals surface area contributed by atoms with Crippen LogP contribution in [0.4, 0.5) is 0 Å². The topological polar surface area (TPSA) is 51.7 Å². The molecule has 1 aliphatic heterocycles. The van der Waals surface area contributed by atoms with Crippen molar-refractivity contribution in [2.45, 2.75) is 38.6 Å². The molecule has 5 heteroatoms. The molecule has 1 unspecified atom stereocenters. The van der Waals surface area contributed by atoms with E-state index in [0.717, 1.165) is 25.1 Å². The Bertz CT molecular complexity index is 502. The van der Waals surface area contributed by atoms with Crippen molar-refractivity contribution in [1.29, 1.82) is 0 Å². The average Bonchev–Trinajstić information content (AvgIpc) is 2.94. The summed E-state index contributed by atoms with van der Waals surface area (Å²) in [4.78, 5) is 19.1. The van der Waals surface area contributed by atoms with Crippen LogP contribution in [0.15, 0.2) is 12.1 Å². The number of carbonyl (C=O) groups excluding carboxylic acids is 1. The number of carbonyl (C=O) groups is 1. The molecule has 2 rings (SSSR count). The fourth-order valence-corrected chi connectivity index (χ4v) is 2.66. The van der Waals surface area contributed by atoms with E-state index in [1.54, 1.807) is 20.3 Å². The van der Waals surface area contributed by atoms with E-state index >= 15 is 0 Å². The number of methoxy groups -OCH3 is 2. The minimum atomic E-state index is -0.0321. The molecule has 0 radical (unpaired) electrons. The highest BCUT2D eigenvalue weighted by Gasteiger charge is 2.30. The fraction of sp³-hybridized carbons (Fsp3) is 0.625. The summed E-state index contributed by atoms with van der Waals surface area (Å²) in [5, 5.41) is 0. The molecule has 1 amide bonds. The van der Waals surface area contributed by atoms with Crippen LogP contribution in [0.2, 0.25) is 0 Å². The van der Waals surface area contributed by atoms with Gasteiger partial charge in [-0.2, -0.15) is 0 Å². The zero-order valence-corrected chi connectivity index (χ0v) is 13.3. The number of pyridine rings is 1. The molecule has 1 atom stereocenters. The highest BCUT2D eigenvalue weighted by atomic mass is 16.5. The third-order valence-corrected chi connectivity index (χ3v) is 3.86. The normalized spacial score (nSPS) is 18.3. The molecule has 2 heterocycles. The third kappa shape index (κ3) is 3.53. The van der Waals surface area contributed by atoms with Crippen LogP contribution in [-0.4, -0.2) is 49.2 Å². The molecular formula is C16H24N2O3. The van der Waals surface area contributed by atoms with Crippen LogP contribution in [0.3, 0.4) is 0 Å². The molecule has 21 heavy (non-hydrogen) atoms. The molecule has 5 nitrogen and oxygen atoms in total. The summed E-state index contributed by atoms with van der Waals surface area (Å²) in [5.74, 6) is 0.898. The van der Waals surface area contributed by atoms with Crippen LogP contribution in [0.5, 0.6) is 5.75 Å². The smallest absolute Gasteiger partial charge is 0.272 e. The largest absolute Gasteiger partial charge is 0.497 e. The second-order valence-electron chi connectivity index (χ2n) is 5.72. The van der Waals surface area contributed by atoms with Crippen molar-refractivity contribution in [2.75, 3.05) is 27.4 Å². The maximum atomic E-state index is 12.7. The van der Waals surface area contributed by atoms with Gasteiger partial charge in [-0.3, -0.25) is 4.79 Å². The second-order valence-corrected chi connectivity index (χ2v) is 5.72. The molecule has 1 aromatic rings. The van der Waals surface area contributed by atoms with Gasteiger partial charge in [0.2, 0.25) is 0 Å². The van der Waals surface area contributed by atoms with Gasteiger partial charge in [-0.05, 0) is 18.8 Å². The van der Waals surface area contributed by atoms with E-state index in [2.05, 4.69) is 18.8 Å². The van der Waals surface area contributed by atoms with Crippen LogP contribution in [0.1, 0.15) is 48.8 Å². The highest BCUT2D eigenvalue weighted by molar-refractivity contribution is 5.93. The van der Waals surface area contributed by atoms with Gasteiger partial charge in [0.1, 0.15) is 11.4 Å². The molecule has 0 aliphatic carbocycles. The van der Waals surface area contributed by atoms with Crippen molar-refractivity contribution in [2.24, 2.45) is 0 Å². The lowest BCUT2D eigenvalue weighted by Crippen LogP contribution is -2.38. The van der Waals surface area contributed by atoms with Crippen molar-refractivity contribution in [1.82, 2.24) is 9.88 Å². The van der Waals surface area contributed by atoms with Gasteiger partial charge in [0.15, 0.2) is 0 Å². The maximum Gasteiger partial charge on any atom is 0.272 e. The summed E-state index contributed by atoms with van der Waals surface area (Å²) in [6.45, 7) is 5.45. The van der Waals surface area contributed by atoms with Gasteiger partial charge in [-0.25, -0.2) is 4.98 Å². The molecule has 0 N–H and O–H groups in total. The van der Waals surface area contributed by atoms with E-state index in [0.29, 0.717) is 18.1 Å². The predicted octanol–water partition coefficient (Wildman–Crippen LogP) is 2.46. The van der Waals surface area contributed by atoms with Gasteiger partial charge in [0, 0.05) is 31.5 Å². The first kappa shape index (κ1) is 15.8. The summed E-state index contributed by atoms with van der Waals surface area (Å²) < 4.78 is 10.5. The summed E-state index contributed by atoms with van der Waals surface area (Å²) in [5.41, 5.74) is 1.33. The molecule has 1 fully saturated rings. The number of likely N-dealkylation sites (tertiary alicyclic amines) is 1. The SMILES string of the molecule is COCC1CCCN1C(=O)c1cc(OC)cc(C(C)C)n1. The molecular weight excluding hydrogens is 268 g/mol.